The summed E-state index contributed by atoms with van der Waals surface area (Å²) in [7, 11) is 0. The summed E-state index contributed by atoms with van der Waals surface area (Å²) < 4.78 is 0. The number of hydrogen-bond donors (Lipinski definition) is 1. The predicted molar refractivity (Wildman–Crippen MR) is 141 cm³/mol. The highest BCUT2D eigenvalue weighted by Crippen LogP contribution is 2.35. The Bertz CT molecular complexity index is 1320. The van der Waals surface area contributed by atoms with Gasteiger partial charge in [-0.3, -0.25) is 14.6 Å². The first-order valence-electron chi connectivity index (χ1n) is 11.6. The molecule has 0 aromatic heterocycles. The Kier molecular flexibility index (Phi) is 6.51. The third-order valence-corrected chi connectivity index (χ3v) is 7.11. The van der Waals surface area contributed by atoms with Gasteiger partial charge in [0.15, 0.2) is 5.17 Å². The number of benzene rings is 3. The van der Waals surface area contributed by atoms with E-state index in [-0.39, 0.29) is 11.8 Å². The monoisotopic (exact) mass is 482 g/mol. The van der Waals surface area contributed by atoms with Crippen LogP contribution in [0, 0.1) is 6.92 Å². The van der Waals surface area contributed by atoms with Crippen molar-refractivity contribution in [3.8, 4) is 0 Å². The van der Waals surface area contributed by atoms with E-state index < -0.39 is 11.3 Å². The molecule has 0 fully saturated rings. The molecule has 1 N–H and O–H groups in total. The van der Waals surface area contributed by atoms with Crippen molar-refractivity contribution < 1.29 is 9.59 Å². The van der Waals surface area contributed by atoms with Crippen LogP contribution in [0.25, 0.3) is 0 Å². The predicted octanol–water partition coefficient (Wildman–Crippen LogP) is 4.63. The maximum Gasteiger partial charge on any atom is 0.259 e. The minimum atomic E-state index is -0.518. The second kappa shape index (κ2) is 9.88. The van der Waals surface area contributed by atoms with Crippen LogP contribution in [0.3, 0.4) is 0 Å². The quantitative estimate of drug-likeness (QED) is 0.557. The molecular formula is C28H26N4O2S. The first-order valence-corrected chi connectivity index (χ1v) is 12.5. The van der Waals surface area contributed by atoms with Crippen LogP contribution in [0.2, 0.25) is 0 Å². The fraction of sp³-hybridized carbons (Fsp3) is 0.214. The maximum atomic E-state index is 13.5. The van der Waals surface area contributed by atoms with E-state index in [9.17, 15) is 9.59 Å². The average molecular weight is 483 g/mol. The number of amidine groups is 2. The van der Waals surface area contributed by atoms with Crippen LogP contribution < -0.4 is 5.32 Å². The molecule has 2 heterocycles. The van der Waals surface area contributed by atoms with Gasteiger partial charge in [0.25, 0.3) is 5.91 Å². The van der Waals surface area contributed by atoms with Crippen molar-refractivity contribution in [2.45, 2.75) is 38.1 Å². The number of fused-ring (bicyclic) bond motifs is 3. The third-order valence-electron chi connectivity index (χ3n) is 6.06. The van der Waals surface area contributed by atoms with Gasteiger partial charge < -0.3 is 5.32 Å². The number of hydrogen-bond acceptors (Lipinski definition) is 5. The molecule has 35 heavy (non-hydrogen) atoms. The molecule has 2 aliphatic rings. The van der Waals surface area contributed by atoms with E-state index in [2.05, 4.69) is 5.32 Å². The summed E-state index contributed by atoms with van der Waals surface area (Å²) >= 11 is 1.28. The van der Waals surface area contributed by atoms with Crippen molar-refractivity contribution in [1.82, 2.24) is 10.2 Å². The lowest BCUT2D eigenvalue weighted by molar-refractivity contribution is -0.124. The molecule has 0 saturated heterocycles. The fourth-order valence-corrected chi connectivity index (χ4v) is 5.04. The van der Waals surface area contributed by atoms with Crippen molar-refractivity contribution in [3.05, 3.63) is 101 Å². The summed E-state index contributed by atoms with van der Waals surface area (Å²) in [4.78, 5) is 37.5. The molecular weight excluding hydrogens is 456 g/mol. The summed E-state index contributed by atoms with van der Waals surface area (Å²) in [6, 6.07) is 25.1. The van der Waals surface area contributed by atoms with Gasteiger partial charge in [0, 0.05) is 18.5 Å². The number of aryl methyl sites for hydroxylation is 1. The molecule has 3 aromatic carbocycles. The first-order chi connectivity index (χ1) is 17.0. The summed E-state index contributed by atoms with van der Waals surface area (Å²) in [5.41, 5.74) is 4.86. The Labute approximate surface area is 209 Å². The Morgan fingerprint density at radius 2 is 1.71 bits per heavy atom. The molecule has 6 nitrogen and oxygen atoms in total. The van der Waals surface area contributed by atoms with Gasteiger partial charge in [-0.25, -0.2) is 9.89 Å². The molecule has 3 aromatic rings. The van der Waals surface area contributed by atoms with Crippen molar-refractivity contribution >= 4 is 40.3 Å². The fourth-order valence-electron chi connectivity index (χ4n) is 4.10. The maximum absolute atomic E-state index is 13.5. The lowest BCUT2D eigenvalue weighted by Gasteiger charge is -2.27. The molecule has 0 unspecified atom stereocenters. The molecule has 5 rings (SSSR count). The van der Waals surface area contributed by atoms with E-state index in [4.69, 9.17) is 9.98 Å². The molecule has 0 radical (unpaired) electrons. The lowest BCUT2D eigenvalue weighted by atomic mass is 10.1. The van der Waals surface area contributed by atoms with E-state index >= 15 is 0 Å². The lowest BCUT2D eigenvalue weighted by Crippen LogP contribution is -2.43. The summed E-state index contributed by atoms with van der Waals surface area (Å²) in [6.07, 6.45) is 0.520. The number of carbonyl (C=O) groups is 2. The Morgan fingerprint density at radius 3 is 2.49 bits per heavy atom. The minimum Gasteiger partial charge on any atom is -0.351 e. The second-order valence-corrected chi connectivity index (χ2v) is 10.0. The molecule has 2 amide bonds. The van der Waals surface area contributed by atoms with Crippen LogP contribution in [0.1, 0.15) is 29.2 Å². The van der Waals surface area contributed by atoms with Crippen LogP contribution in [-0.2, 0) is 22.6 Å². The van der Waals surface area contributed by atoms with Gasteiger partial charge in [0.05, 0.1) is 10.9 Å². The summed E-state index contributed by atoms with van der Waals surface area (Å²) in [6.45, 7) is 4.32. The molecule has 0 bridgehead atoms. The van der Waals surface area contributed by atoms with Crippen LogP contribution in [0.4, 0.5) is 5.69 Å². The first kappa shape index (κ1) is 23.1. The van der Waals surface area contributed by atoms with Gasteiger partial charge in [-0.15, -0.1) is 0 Å². The SMILES string of the molecule is Cc1ccc(CNC(=O)[C@H](C)SC2=Nc3ccccc3C3=N[C@H](Cc4ccccc4)C(=O)N23)cc1. The van der Waals surface area contributed by atoms with E-state index in [1.54, 1.807) is 4.90 Å². The number of thioether (sulfide) groups is 1. The molecule has 176 valence electrons. The molecule has 2 aliphatic heterocycles. The van der Waals surface area contributed by atoms with Crippen LogP contribution in [0.5, 0.6) is 0 Å². The third kappa shape index (κ3) is 4.91. The zero-order valence-corrected chi connectivity index (χ0v) is 20.5. The summed E-state index contributed by atoms with van der Waals surface area (Å²) in [5.74, 6) is 0.385. The van der Waals surface area contributed by atoms with Crippen molar-refractivity contribution in [1.29, 1.82) is 0 Å². The number of aliphatic imine (C=N–C) groups is 2. The van der Waals surface area contributed by atoms with Gasteiger partial charge >= 0.3 is 0 Å². The van der Waals surface area contributed by atoms with E-state index in [0.29, 0.717) is 24.0 Å². The summed E-state index contributed by atoms with van der Waals surface area (Å²) in [5, 5.41) is 3.04. The number of nitrogens with zero attached hydrogens (tertiary/aromatic N) is 3. The normalized spacial score (nSPS) is 17.3. The number of amides is 2. The Hall–Kier alpha value is -3.71. The van der Waals surface area contributed by atoms with E-state index in [0.717, 1.165) is 22.4 Å². The standard InChI is InChI=1S/C28H26N4O2S/c1-18-12-14-21(15-13-18)17-29-26(33)19(2)35-28-31-23-11-7-6-10-22(23)25-30-24(27(34)32(25)28)16-20-8-4-3-5-9-20/h3-15,19,24H,16-17H2,1-2H3,(H,29,33)/t19-,24+/m0/s1. The van der Waals surface area contributed by atoms with Gasteiger partial charge in [-0.2, -0.15) is 0 Å². The largest absolute Gasteiger partial charge is 0.351 e. The Morgan fingerprint density at radius 1 is 1.00 bits per heavy atom. The van der Waals surface area contributed by atoms with Crippen LogP contribution >= 0.6 is 11.8 Å². The average Bonchev–Trinajstić information content (AvgIpc) is 3.20. The number of rotatable bonds is 6. The molecule has 2 atom stereocenters. The van der Waals surface area contributed by atoms with Crippen molar-refractivity contribution in [3.63, 3.8) is 0 Å². The van der Waals surface area contributed by atoms with Crippen molar-refractivity contribution in [2.24, 2.45) is 9.98 Å². The van der Waals surface area contributed by atoms with Gasteiger partial charge in [-0.1, -0.05) is 84.1 Å². The number of carbonyl (C=O) groups excluding carboxylic acids is 2. The Balaban J connectivity index is 1.34. The van der Waals surface area contributed by atoms with Gasteiger partial charge in [0.2, 0.25) is 5.91 Å². The number of nitrogens with one attached hydrogen (secondary N) is 1. The second-order valence-electron chi connectivity index (χ2n) is 8.71. The van der Waals surface area contributed by atoms with Gasteiger partial charge in [-0.05, 0) is 37.1 Å². The highest BCUT2D eigenvalue weighted by molar-refractivity contribution is 8.15. The molecule has 0 saturated carbocycles. The molecule has 0 aliphatic carbocycles. The molecule has 7 heteroatoms. The van der Waals surface area contributed by atoms with Crippen molar-refractivity contribution in [2.75, 3.05) is 0 Å². The van der Waals surface area contributed by atoms with E-state index in [1.807, 2.05) is 92.7 Å². The topological polar surface area (TPSA) is 74.1 Å². The van der Waals surface area contributed by atoms with Crippen LogP contribution in [0.15, 0.2) is 88.8 Å². The van der Waals surface area contributed by atoms with Crippen LogP contribution in [-0.4, -0.2) is 39.0 Å². The zero-order valence-electron chi connectivity index (χ0n) is 19.6. The van der Waals surface area contributed by atoms with E-state index in [1.165, 1.54) is 17.3 Å². The minimum absolute atomic E-state index is 0.108. The zero-order chi connectivity index (χ0) is 24.4. The van der Waals surface area contributed by atoms with Gasteiger partial charge in [0.1, 0.15) is 11.9 Å². The molecule has 0 spiro atoms. The number of para-hydroxylation sites is 1. The highest BCUT2D eigenvalue weighted by atomic mass is 32.2. The smallest absolute Gasteiger partial charge is 0.259 e. The highest BCUT2D eigenvalue weighted by Gasteiger charge is 2.42.